The summed E-state index contributed by atoms with van der Waals surface area (Å²) >= 11 is 0. The van der Waals surface area contributed by atoms with Crippen LogP contribution in [0.15, 0.2) is 24.3 Å². The van der Waals surface area contributed by atoms with Gasteiger partial charge in [-0.1, -0.05) is 0 Å². The molecule has 1 amide bonds. The minimum absolute atomic E-state index is 0.00274. The molecule has 1 aromatic rings. The third-order valence-corrected chi connectivity index (χ3v) is 3.70. The summed E-state index contributed by atoms with van der Waals surface area (Å²) in [7, 11) is -1.91. The Morgan fingerprint density at radius 2 is 1.85 bits per heavy atom. The predicted molar refractivity (Wildman–Crippen MR) is 78.3 cm³/mol. The van der Waals surface area contributed by atoms with Gasteiger partial charge in [-0.05, 0) is 38.1 Å². The van der Waals surface area contributed by atoms with E-state index < -0.39 is 10.0 Å². The van der Waals surface area contributed by atoms with E-state index in [4.69, 9.17) is 4.74 Å². The van der Waals surface area contributed by atoms with E-state index in [2.05, 4.69) is 10.0 Å². The first-order chi connectivity index (χ1) is 9.34. The van der Waals surface area contributed by atoms with Crippen LogP contribution in [0.4, 0.5) is 5.69 Å². The van der Waals surface area contributed by atoms with Gasteiger partial charge in [0.2, 0.25) is 10.0 Å². The van der Waals surface area contributed by atoms with Crippen molar-refractivity contribution in [2.24, 2.45) is 0 Å². The number of hydrogen-bond acceptors (Lipinski definition) is 4. The topological polar surface area (TPSA) is 84.5 Å². The summed E-state index contributed by atoms with van der Waals surface area (Å²) in [6, 6.07) is 6.21. The Hall–Kier alpha value is -1.60. The molecule has 2 N–H and O–H groups in total. The molecule has 0 spiro atoms. The van der Waals surface area contributed by atoms with E-state index in [1.54, 1.807) is 24.3 Å². The lowest BCUT2D eigenvalue weighted by Crippen LogP contribution is -2.22. The van der Waals surface area contributed by atoms with E-state index in [1.807, 2.05) is 13.8 Å². The highest BCUT2D eigenvalue weighted by molar-refractivity contribution is 7.92. The zero-order valence-corrected chi connectivity index (χ0v) is 12.7. The molecule has 0 aromatic heterocycles. The fourth-order valence-electron chi connectivity index (χ4n) is 1.46. The minimum Gasteiger partial charge on any atom is -0.378 e. The van der Waals surface area contributed by atoms with Gasteiger partial charge in [0.1, 0.15) is 0 Å². The lowest BCUT2D eigenvalue weighted by atomic mass is 10.2. The van der Waals surface area contributed by atoms with Gasteiger partial charge < -0.3 is 10.1 Å². The van der Waals surface area contributed by atoms with Crippen molar-refractivity contribution < 1.29 is 17.9 Å². The highest BCUT2D eigenvalue weighted by atomic mass is 32.2. The summed E-state index contributed by atoms with van der Waals surface area (Å²) in [4.78, 5) is 11.3. The molecule has 20 heavy (non-hydrogen) atoms. The zero-order valence-electron chi connectivity index (χ0n) is 11.8. The number of carbonyl (C=O) groups excluding carboxylic acids is 1. The second-order valence-electron chi connectivity index (χ2n) is 4.50. The first-order valence-electron chi connectivity index (χ1n) is 6.28. The van der Waals surface area contributed by atoms with Crippen LogP contribution in [0.3, 0.4) is 0 Å². The van der Waals surface area contributed by atoms with E-state index in [-0.39, 0.29) is 24.4 Å². The van der Waals surface area contributed by atoms with E-state index in [9.17, 15) is 13.2 Å². The average molecular weight is 300 g/mol. The molecule has 0 radical (unpaired) electrons. The van der Waals surface area contributed by atoms with Gasteiger partial charge in [-0.3, -0.25) is 9.52 Å². The molecule has 0 aliphatic rings. The molecule has 0 aliphatic carbocycles. The van der Waals surface area contributed by atoms with E-state index >= 15 is 0 Å². The van der Waals surface area contributed by atoms with Gasteiger partial charge in [-0.2, -0.15) is 0 Å². The number of amides is 1. The van der Waals surface area contributed by atoms with Crippen molar-refractivity contribution in [1.29, 1.82) is 0 Å². The summed E-state index contributed by atoms with van der Waals surface area (Å²) in [5.41, 5.74) is 0.890. The molecule has 0 saturated carbocycles. The Balaban J connectivity index is 2.61. The second kappa shape index (κ2) is 7.25. The Bertz CT molecular complexity index is 538. The lowest BCUT2D eigenvalue weighted by Gasteiger charge is -2.10. The highest BCUT2D eigenvalue weighted by Crippen LogP contribution is 2.11. The van der Waals surface area contributed by atoms with Gasteiger partial charge in [-0.15, -0.1) is 0 Å². The van der Waals surface area contributed by atoms with Gasteiger partial charge in [0.15, 0.2) is 0 Å². The van der Waals surface area contributed by atoms with E-state index in [1.165, 1.54) is 7.05 Å². The molecular weight excluding hydrogens is 280 g/mol. The van der Waals surface area contributed by atoms with Crippen LogP contribution in [-0.2, 0) is 14.8 Å². The number of nitrogens with one attached hydrogen (secondary N) is 2. The number of carbonyl (C=O) groups is 1. The van der Waals surface area contributed by atoms with Crippen molar-refractivity contribution in [3.8, 4) is 0 Å². The fourth-order valence-corrected chi connectivity index (χ4v) is 2.37. The van der Waals surface area contributed by atoms with Gasteiger partial charge in [0, 0.05) is 18.3 Å². The Labute approximate surface area is 119 Å². The fraction of sp³-hybridized carbons (Fsp3) is 0.462. The molecule has 6 nitrogen and oxygen atoms in total. The third kappa shape index (κ3) is 5.58. The van der Waals surface area contributed by atoms with Crippen LogP contribution < -0.4 is 10.0 Å². The lowest BCUT2D eigenvalue weighted by molar-refractivity contribution is 0.0912. The van der Waals surface area contributed by atoms with E-state index in [0.717, 1.165) is 0 Å². The maximum Gasteiger partial charge on any atom is 0.251 e. The molecule has 1 aromatic carbocycles. The third-order valence-electron chi connectivity index (χ3n) is 2.45. The monoisotopic (exact) mass is 300 g/mol. The Kier molecular flexibility index (Phi) is 5.97. The highest BCUT2D eigenvalue weighted by Gasteiger charge is 2.11. The number of sulfonamides is 1. The largest absolute Gasteiger partial charge is 0.378 e. The number of benzene rings is 1. The van der Waals surface area contributed by atoms with Crippen LogP contribution in [0.2, 0.25) is 0 Å². The summed E-state index contributed by atoms with van der Waals surface area (Å²) < 4.78 is 31.2. The first-order valence-corrected chi connectivity index (χ1v) is 7.93. The quantitative estimate of drug-likeness (QED) is 0.793. The summed E-state index contributed by atoms with van der Waals surface area (Å²) in [6.07, 6.45) is -0.00274. The van der Waals surface area contributed by atoms with Crippen LogP contribution in [0.1, 0.15) is 24.2 Å². The van der Waals surface area contributed by atoms with Gasteiger partial charge in [0.25, 0.3) is 5.91 Å². The van der Waals surface area contributed by atoms with Gasteiger partial charge >= 0.3 is 0 Å². The second-order valence-corrected chi connectivity index (χ2v) is 6.34. The van der Waals surface area contributed by atoms with Crippen molar-refractivity contribution in [1.82, 2.24) is 5.32 Å². The molecule has 0 atom stereocenters. The van der Waals surface area contributed by atoms with Crippen LogP contribution in [0.25, 0.3) is 0 Å². The number of anilines is 1. The number of rotatable bonds is 7. The molecule has 0 unspecified atom stereocenters. The van der Waals surface area contributed by atoms with Crippen molar-refractivity contribution >= 4 is 21.6 Å². The Morgan fingerprint density at radius 1 is 1.25 bits per heavy atom. The molecule has 0 heterocycles. The summed E-state index contributed by atoms with van der Waals surface area (Å²) in [5, 5.41) is 2.49. The van der Waals surface area contributed by atoms with Crippen molar-refractivity contribution in [2.75, 3.05) is 24.1 Å². The first kappa shape index (κ1) is 16.5. The SMILES string of the molecule is CNC(=O)c1ccc(NS(=O)(=O)CCOC(C)C)cc1. The maximum absolute atomic E-state index is 11.8. The maximum atomic E-state index is 11.8. The summed E-state index contributed by atoms with van der Waals surface area (Å²) in [5.74, 6) is -0.327. The molecule has 0 fully saturated rings. The van der Waals surface area contributed by atoms with Crippen molar-refractivity contribution in [2.45, 2.75) is 20.0 Å². The smallest absolute Gasteiger partial charge is 0.251 e. The molecule has 0 aliphatic heterocycles. The molecule has 0 saturated heterocycles. The van der Waals surface area contributed by atoms with Crippen molar-refractivity contribution in [3.63, 3.8) is 0 Å². The molecular formula is C13H20N2O4S. The standard InChI is InChI=1S/C13H20N2O4S/c1-10(2)19-8-9-20(17,18)15-12-6-4-11(5-7-12)13(16)14-3/h4-7,10,15H,8-9H2,1-3H3,(H,14,16). The van der Waals surface area contributed by atoms with Crippen LogP contribution in [0.5, 0.6) is 0 Å². The molecule has 7 heteroatoms. The average Bonchev–Trinajstić information content (AvgIpc) is 2.37. The molecule has 1 rings (SSSR count). The number of hydrogen-bond donors (Lipinski definition) is 2. The predicted octanol–water partition coefficient (Wildman–Crippen LogP) is 1.21. The van der Waals surface area contributed by atoms with Crippen LogP contribution >= 0.6 is 0 Å². The number of ether oxygens (including phenoxy) is 1. The minimum atomic E-state index is -3.44. The van der Waals surface area contributed by atoms with E-state index in [0.29, 0.717) is 11.3 Å². The summed E-state index contributed by atoms with van der Waals surface area (Å²) in [6.45, 7) is 3.83. The normalized spacial score (nSPS) is 11.4. The zero-order chi connectivity index (χ0) is 15.2. The van der Waals surface area contributed by atoms with Gasteiger partial charge in [-0.25, -0.2) is 8.42 Å². The van der Waals surface area contributed by atoms with Gasteiger partial charge in [0.05, 0.1) is 18.5 Å². The van der Waals surface area contributed by atoms with Crippen molar-refractivity contribution in [3.05, 3.63) is 29.8 Å². The molecule has 0 bridgehead atoms. The Morgan fingerprint density at radius 3 is 2.35 bits per heavy atom. The van der Waals surface area contributed by atoms with Crippen LogP contribution in [0, 0.1) is 0 Å². The molecule has 112 valence electrons. The van der Waals surface area contributed by atoms with Crippen LogP contribution in [-0.4, -0.2) is 39.8 Å².